The molecule has 3 heterocycles. The van der Waals surface area contributed by atoms with Crippen molar-refractivity contribution in [3.8, 4) is 0 Å². The smallest absolute Gasteiger partial charge is 0.224 e. The summed E-state index contributed by atoms with van der Waals surface area (Å²) in [6.45, 7) is 6.76. The van der Waals surface area contributed by atoms with Crippen LogP contribution in [0.3, 0.4) is 0 Å². The highest BCUT2D eigenvalue weighted by Gasteiger charge is 2.40. The molecule has 1 aromatic heterocycles. The number of nitrogens with zero attached hydrogens (tertiary/aromatic N) is 2. The van der Waals surface area contributed by atoms with Crippen LogP contribution in [0.15, 0.2) is 36.5 Å². The van der Waals surface area contributed by atoms with Gasteiger partial charge in [0.25, 0.3) is 0 Å². The van der Waals surface area contributed by atoms with Gasteiger partial charge in [0, 0.05) is 48.9 Å². The molecule has 4 atom stereocenters. The minimum atomic E-state index is -0.297. The Morgan fingerprint density at radius 2 is 2.15 bits per heavy atom. The van der Waals surface area contributed by atoms with Gasteiger partial charge in [-0.3, -0.25) is 4.79 Å². The molecular weight excluding hydrogens is 343 g/mol. The van der Waals surface area contributed by atoms with Gasteiger partial charge in [0.05, 0.1) is 6.04 Å². The number of halogens is 1. The number of rotatable bonds is 4. The highest BCUT2D eigenvalue weighted by Crippen LogP contribution is 2.43. The van der Waals surface area contributed by atoms with Gasteiger partial charge in [0.1, 0.15) is 11.6 Å². The first-order valence-electron chi connectivity index (χ1n) is 9.54. The number of fused-ring (bicyclic) bond motifs is 1. The minimum Gasteiger partial charge on any atom is -0.363 e. The Labute approximate surface area is 159 Å². The Hall–Kier alpha value is -2.47. The lowest BCUT2D eigenvalue weighted by molar-refractivity contribution is -0.117. The summed E-state index contributed by atoms with van der Waals surface area (Å²) < 4.78 is 14.0. The number of anilines is 2. The summed E-state index contributed by atoms with van der Waals surface area (Å²) in [5, 5.41) is 6.76. The average Bonchev–Trinajstić information content (AvgIpc) is 3.49. The van der Waals surface area contributed by atoms with E-state index in [1.165, 1.54) is 17.7 Å². The molecule has 2 aliphatic heterocycles. The summed E-state index contributed by atoms with van der Waals surface area (Å²) in [6, 6.07) is 9.06. The number of hydrogen-bond acceptors (Lipinski definition) is 4. The van der Waals surface area contributed by atoms with Crippen LogP contribution in [0.1, 0.15) is 50.4 Å². The van der Waals surface area contributed by atoms with Crippen molar-refractivity contribution >= 4 is 17.4 Å². The summed E-state index contributed by atoms with van der Waals surface area (Å²) in [7, 11) is 0. The molecule has 0 bridgehead atoms. The molecule has 1 saturated heterocycles. The molecule has 0 spiro atoms. The molecule has 27 heavy (non-hydrogen) atoms. The predicted molar refractivity (Wildman–Crippen MR) is 104 cm³/mol. The Kier molecular flexibility index (Phi) is 4.60. The number of benzene rings is 1. The maximum absolute atomic E-state index is 14.0. The second-order valence-electron chi connectivity index (χ2n) is 7.49. The molecule has 1 fully saturated rings. The molecule has 6 heteroatoms. The lowest BCUT2D eigenvalue weighted by Gasteiger charge is -2.45. The molecule has 0 radical (unpaired) electrons. The summed E-state index contributed by atoms with van der Waals surface area (Å²) >= 11 is 0. The van der Waals surface area contributed by atoms with Gasteiger partial charge >= 0.3 is 0 Å². The number of hydrogen-bond donors (Lipinski definition) is 2. The minimum absolute atomic E-state index is 0.0144. The molecule has 2 aromatic rings. The van der Waals surface area contributed by atoms with E-state index in [1.54, 1.807) is 13.0 Å². The third kappa shape index (κ3) is 3.30. The van der Waals surface area contributed by atoms with Crippen molar-refractivity contribution < 1.29 is 9.18 Å². The summed E-state index contributed by atoms with van der Waals surface area (Å²) in [4.78, 5) is 18.7. The monoisotopic (exact) mass is 368 g/mol. The van der Waals surface area contributed by atoms with E-state index in [-0.39, 0.29) is 29.7 Å². The Morgan fingerprint density at radius 3 is 2.74 bits per heavy atom. The first-order valence-corrected chi connectivity index (χ1v) is 9.54. The van der Waals surface area contributed by atoms with Crippen LogP contribution < -0.4 is 15.5 Å². The Bertz CT molecular complexity index is 850. The van der Waals surface area contributed by atoms with Crippen molar-refractivity contribution in [2.24, 2.45) is 5.92 Å². The maximum Gasteiger partial charge on any atom is 0.224 e. The van der Waals surface area contributed by atoms with Crippen molar-refractivity contribution in [3.63, 3.8) is 0 Å². The maximum atomic E-state index is 14.0. The van der Waals surface area contributed by atoms with E-state index < -0.39 is 0 Å². The Morgan fingerprint density at radius 1 is 1.37 bits per heavy atom. The fraction of sp³-hybridized carbons (Fsp3) is 0.429. The normalized spacial score (nSPS) is 26.4. The van der Waals surface area contributed by atoms with Crippen LogP contribution >= 0.6 is 0 Å². The van der Waals surface area contributed by atoms with E-state index in [2.05, 4.69) is 35.5 Å². The molecule has 4 rings (SSSR count). The van der Waals surface area contributed by atoms with Crippen molar-refractivity contribution in [2.45, 2.75) is 45.3 Å². The van der Waals surface area contributed by atoms with E-state index >= 15 is 0 Å². The molecule has 5 nitrogen and oxygen atoms in total. The summed E-state index contributed by atoms with van der Waals surface area (Å²) in [5.74, 6) is 0.561. The van der Waals surface area contributed by atoms with Gasteiger partial charge in [-0.1, -0.05) is 19.9 Å². The second-order valence-corrected chi connectivity index (χ2v) is 7.49. The number of pyridine rings is 1. The topological polar surface area (TPSA) is 67.2 Å². The quantitative estimate of drug-likeness (QED) is 0.806. The summed E-state index contributed by atoms with van der Waals surface area (Å²) in [5.41, 5.74) is 2.76. The molecule has 2 N–H and O–H groups in total. The van der Waals surface area contributed by atoms with Gasteiger partial charge in [0.15, 0.2) is 0 Å². The molecule has 0 aliphatic carbocycles. The lowest BCUT2D eigenvalue weighted by Crippen LogP contribution is -2.49. The first-order chi connectivity index (χ1) is 13.0. The number of aromatic nitrogens is 1. The third-order valence-electron chi connectivity index (χ3n) is 5.71. The van der Waals surface area contributed by atoms with Crippen molar-refractivity contribution in [1.29, 1.82) is 0 Å². The van der Waals surface area contributed by atoms with Crippen LogP contribution in [0.5, 0.6) is 0 Å². The van der Waals surface area contributed by atoms with E-state index in [1.807, 2.05) is 17.2 Å². The van der Waals surface area contributed by atoms with Crippen LogP contribution in [-0.4, -0.2) is 23.5 Å². The molecule has 0 saturated carbocycles. The van der Waals surface area contributed by atoms with Crippen LogP contribution in [0.2, 0.25) is 0 Å². The van der Waals surface area contributed by atoms with Crippen molar-refractivity contribution in [1.82, 2.24) is 10.3 Å². The molecule has 1 aromatic carbocycles. The molecule has 1 amide bonds. The largest absolute Gasteiger partial charge is 0.363 e. The standard InChI is InChI=1S/C21H25FN4O/c1-4-18-12(2)21(25-20-8-5-14(10-24-20)17-11-23-17)16-9-15(22)6-7-19(16)26(18)13(3)27/h5-10,12,17-18,21,23H,4,11H2,1-3H3,(H,24,25)/t12-,17?,18?,21?/m0/s1. The highest BCUT2D eigenvalue weighted by molar-refractivity contribution is 5.94. The van der Waals surface area contributed by atoms with Gasteiger partial charge in [-0.15, -0.1) is 0 Å². The SMILES string of the molecule is CCC1[C@H](C)C(Nc2ccc(C3CN3)cn2)c2cc(F)ccc2N1C(C)=O. The summed E-state index contributed by atoms with van der Waals surface area (Å²) in [6.07, 6.45) is 2.71. The lowest BCUT2D eigenvalue weighted by atomic mass is 9.81. The van der Waals surface area contributed by atoms with E-state index in [9.17, 15) is 9.18 Å². The van der Waals surface area contributed by atoms with Gasteiger partial charge in [-0.2, -0.15) is 0 Å². The first kappa shape index (κ1) is 17.9. The molecule has 3 unspecified atom stereocenters. The van der Waals surface area contributed by atoms with E-state index in [4.69, 9.17) is 0 Å². The van der Waals surface area contributed by atoms with Gasteiger partial charge < -0.3 is 15.5 Å². The average molecular weight is 368 g/mol. The number of amides is 1. The van der Waals surface area contributed by atoms with Gasteiger partial charge in [0.2, 0.25) is 5.91 Å². The predicted octanol–water partition coefficient (Wildman–Crippen LogP) is 3.80. The second kappa shape index (κ2) is 6.93. The number of carbonyl (C=O) groups excluding carboxylic acids is 1. The van der Waals surface area contributed by atoms with Crippen molar-refractivity contribution in [3.05, 3.63) is 53.5 Å². The fourth-order valence-electron chi connectivity index (χ4n) is 4.23. The Balaban J connectivity index is 1.70. The van der Waals surface area contributed by atoms with E-state index in [0.717, 1.165) is 30.0 Å². The third-order valence-corrected chi connectivity index (χ3v) is 5.71. The van der Waals surface area contributed by atoms with Gasteiger partial charge in [-0.05, 0) is 36.2 Å². The van der Waals surface area contributed by atoms with Crippen LogP contribution in [0.25, 0.3) is 0 Å². The molecule has 2 aliphatic rings. The van der Waals surface area contributed by atoms with Crippen molar-refractivity contribution in [2.75, 3.05) is 16.8 Å². The van der Waals surface area contributed by atoms with Crippen LogP contribution in [0.4, 0.5) is 15.9 Å². The van der Waals surface area contributed by atoms with Crippen LogP contribution in [0, 0.1) is 11.7 Å². The van der Waals surface area contributed by atoms with Gasteiger partial charge in [-0.25, -0.2) is 9.37 Å². The number of nitrogens with one attached hydrogen (secondary N) is 2. The zero-order chi connectivity index (χ0) is 19.1. The van der Waals surface area contributed by atoms with Crippen LogP contribution in [-0.2, 0) is 4.79 Å². The number of carbonyl (C=O) groups is 1. The zero-order valence-corrected chi connectivity index (χ0v) is 15.9. The fourth-order valence-corrected chi connectivity index (χ4v) is 4.23. The molecular formula is C21H25FN4O. The molecule has 142 valence electrons. The highest BCUT2D eigenvalue weighted by atomic mass is 19.1. The van der Waals surface area contributed by atoms with E-state index in [0.29, 0.717) is 6.04 Å². The zero-order valence-electron chi connectivity index (χ0n) is 15.9.